The summed E-state index contributed by atoms with van der Waals surface area (Å²) in [6.45, 7) is 5.64. The summed E-state index contributed by atoms with van der Waals surface area (Å²) in [5, 5.41) is 20.4. The van der Waals surface area contributed by atoms with Crippen LogP contribution >= 0.6 is 11.3 Å². The third-order valence-corrected chi connectivity index (χ3v) is 5.47. The van der Waals surface area contributed by atoms with Crippen LogP contribution in [0.2, 0.25) is 0 Å². The fourth-order valence-electron chi connectivity index (χ4n) is 2.92. The van der Waals surface area contributed by atoms with Crippen molar-refractivity contribution in [1.29, 1.82) is 0 Å². The first kappa shape index (κ1) is 19.3. The molecule has 2 aromatic heterocycles. The Balaban J connectivity index is 1.62. The minimum atomic E-state index is -0.962. The van der Waals surface area contributed by atoms with Crippen LogP contribution in [0.15, 0.2) is 59.0 Å². The van der Waals surface area contributed by atoms with Crippen LogP contribution in [0.1, 0.15) is 24.3 Å². The molecule has 6 heteroatoms. The van der Waals surface area contributed by atoms with E-state index in [-0.39, 0.29) is 0 Å². The summed E-state index contributed by atoms with van der Waals surface area (Å²) >= 11 is 1.54. The van der Waals surface area contributed by atoms with E-state index in [9.17, 15) is 5.11 Å². The molecule has 1 aromatic carbocycles. The summed E-state index contributed by atoms with van der Waals surface area (Å²) in [5.41, 5.74) is 1.29. The molecule has 0 bridgehead atoms. The standard InChI is InChI=1S/C21H26N4OS/c1-3-22-20(25-15-21(2,26)18-10-6-14-27-18)24-13-11-17-8-4-7-16-9-5-12-23-19(16)17/h4-10,12,14,26H,3,11,13,15H2,1-2H3,(H2,22,24,25). The molecule has 142 valence electrons. The lowest BCUT2D eigenvalue weighted by Gasteiger charge is -2.20. The van der Waals surface area contributed by atoms with E-state index in [2.05, 4.69) is 44.9 Å². The second kappa shape index (κ2) is 8.97. The van der Waals surface area contributed by atoms with Gasteiger partial charge in [0.15, 0.2) is 5.96 Å². The van der Waals surface area contributed by atoms with Crippen LogP contribution in [-0.4, -0.2) is 35.7 Å². The largest absolute Gasteiger partial charge is 0.383 e. The van der Waals surface area contributed by atoms with Gasteiger partial charge in [-0.15, -0.1) is 11.3 Å². The molecule has 2 heterocycles. The molecule has 0 saturated heterocycles. The number of benzene rings is 1. The SMILES string of the molecule is CCNC(=NCC(C)(O)c1cccs1)NCCc1cccc2cccnc12. The van der Waals surface area contributed by atoms with Crippen molar-refractivity contribution >= 4 is 28.2 Å². The zero-order valence-corrected chi connectivity index (χ0v) is 16.6. The Morgan fingerprint density at radius 3 is 2.81 bits per heavy atom. The van der Waals surface area contributed by atoms with Gasteiger partial charge in [-0.1, -0.05) is 30.3 Å². The molecule has 0 aliphatic heterocycles. The molecular formula is C21H26N4OS. The van der Waals surface area contributed by atoms with E-state index in [4.69, 9.17) is 0 Å². The van der Waals surface area contributed by atoms with E-state index < -0.39 is 5.60 Å². The summed E-state index contributed by atoms with van der Waals surface area (Å²) < 4.78 is 0. The molecular weight excluding hydrogens is 356 g/mol. The van der Waals surface area contributed by atoms with Crippen molar-refractivity contribution in [3.05, 3.63) is 64.5 Å². The second-order valence-corrected chi connectivity index (χ2v) is 7.56. The lowest BCUT2D eigenvalue weighted by molar-refractivity contribution is 0.0711. The van der Waals surface area contributed by atoms with E-state index in [0.717, 1.165) is 35.3 Å². The van der Waals surface area contributed by atoms with E-state index in [0.29, 0.717) is 12.5 Å². The normalized spacial score (nSPS) is 14.1. The van der Waals surface area contributed by atoms with Crippen molar-refractivity contribution in [2.45, 2.75) is 25.9 Å². The maximum Gasteiger partial charge on any atom is 0.191 e. The molecule has 0 saturated carbocycles. The first-order chi connectivity index (χ1) is 13.1. The molecule has 27 heavy (non-hydrogen) atoms. The van der Waals surface area contributed by atoms with Crippen LogP contribution < -0.4 is 10.6 Å². The number of thiophene rings is 1. The summed E-state index contributed by atoms with van der Waals surface area (Å²) in [6, 6.07) is 14.2. The Hall–Kier alpha value is -2.44. The maximum atomic E-state index is 10.7. The number of rotatable bonds is 7. The van der Waals surface area contributed by atoms with E-state index in [1.54, 1.807) is 18.3 Å². The Labute approximate surface area is 164 Å². The highest BCUT2D eigenvalue weighted by atomic mass is 32.1. The zero-order valence-electron chi connectivity index (χ0n) is 15.8. The van der Waals surface area contributed by atoms with Gasteiger partial charge >= 0.3 is 0 Å². The molecule has 3 rings (SSSR count). The van der Waals surface area contributed by atoms with Crippen molar-refractivity contribution in [2.24, 2.45) is 4.99 Å². The van der Waals surface area contributed by atoms with Gasteiger partial charge in [-0.25, -0.2) is 4.99 Å². The lowest BCUT2D eigenvalue weighted by atomic mass is 10.1. The van der Waals surface area contributed by atoms with Gasteiger partial charge < -0.3 is 15.7 Å². The van der Waals surface area contributed by atoms with Crippen molar-refractivity contribution in [2.75, 3.05) is 19.6 Å². The number of aliphatic imine (C=N–C) groups is 1. The van der Waals surface area contributed by atoms with Crippen molar-refractivity contribution < 1.29 is 5.11 Å². The van der Waals surface area contributed by atoms with Crippen molar-refractivity contribution in [3.63, 3.8) is 0 Å². The number of pyridine rings is 1. The molecule has 0 amide bonds. The number of hydrogen-bond donors (Lipinski definition) is 3. The number of guanidine groups is 1. The van der Waals surface area contributed by atoms with Crippen molar-refractivity contribution in [3.8, 4) is 0 Å². The van der Waals surface area contributed by atoms with Gasteiger partial charge in [0.05, 0.1) is 12.1 Å². The minimum Gasteiger partial charge on any atom is -0.383 e. The van der Waals surface area contributed by atoms with Crippen LogP contribution in [0.4, 0.5) is 0 Å². The lowest BCUT2D eigenvalue weighted by Crippen LogP contribution is -2.39. The number of fused-ring (bicyclic) bond motifs is 1. The first-order valence-corrected chi connectivity index (χ1v) is 10.1. The smallest absolute Gasteiger partial charge is 0.191 e. The maximum absolute atomic E-state index is 10.7. The summed E-state index contributed by atoms with van der Waals surface area (Å²) in [6.07, 6.45) is 2.68. The highest BCUT2D eigenvalue weighted by Crippen LogP contribution is 2.25. The van der Waals surface area contributed by atoms with E-state index >= 15 is 0 Å². The third-order valence-electron chi connectivity index (χ3n) is 4.34. The third kappa shape index (κ3) is 5.05. The molecule has 3 N–H and O–H groups in total. The molecule has 0 aliphatic carbocycles. The molecule has 3 aromatic rings. The molecule has 5 nitrogen and oxygen atoms in total. The molecule has 0 fully saturated rings. The Kier molecular flexibility index (Phi) is 6.42. The number of nitrogens with zero attached hydrogens (tertiary/aromatic N) is 2. The predicted molar refractivity (Wildman–Crippen MR) is 113 cm³/mol. The summed E-state index contributed by atoms with van der Waals surface area (Å²) in [7, 11) is 0. The number of nitrogens with one attached hydrogen (secondary N) is 2. The van der Waals surface area contributed by atoms with Crippen molar-refractivity contribution in [1.82, 2.24) is 15.6 Å². The molecule has 1 atom stereocenters. The number of aromatic nitrogens is 1. The molecule has 0 radical (unpaired) electrons. The Bertz CT molecular complexity index is 885. The summed E-state index contributed by atoms with van der Waals surface area (Å²) in [5.74, 6) is 0.711. The number of aliphatic hydroxyl groups is 1. The monoisotopic (exact) mass is 382 g/mol. The van der Waals surface area contributed by atoms with E-state index in [1.165, 1.54) is 5.56 Å². The number of hydrogen-bond acceptors (Lipinski definition) is 4. The van der Waals surface area contributed by atoms with Crippen LogP contribution in [0.5, 0.6) is 0 Å². The molecule has 1 unspecified atom stereocenters. The van der Waals surface area contributed by atoms with Crippen LogP contribution in [0, 0.1) is 0 Å². The zero-order chi connectivity index (χ0) is 19.1. The topological polar surface area (TPSA) is 69.5 Å². The van der Waals surface area contributed by atoms with Gasteiger partial charge in [0.25, 0.3) is 0 Å². The van der Waals surface area contributed by atoms with Crippen LogP contribution in [0.25, 0.3) is 10.9 Å². The summed E-state index contributed by atoms with van der Waals surface area (Å²) in [4.78, 5) is 10.00. The molecule has 0 aliphatic rings. The highest BCUT2D eigenvalue weighted by molar-refractivity contribution is 7.10. The fraction of sp³-hybridized carbons (Fsp3) is 0.333. The van der Waals surface area contributed by atoms with Crippen LogP contribution in [0.3, 0.4) is 0 Å². The minimum absolute atomic E-state index is 0.304. The van der Waals surface area contributed by atoms with Gasteiger partial charge in [-0.2, -0.15) is 0 Å². The quantitative estimate of drug-likeness (QED) is 0.433. The highest BCUT2D eigenvalue weighted by Gasteiger charge is 2.23. The number of para-hydroxylation sites is 1. The fourth-order valence-corrected chi connectivity index (χ4v) is 3.70. The average Bonchev–Trinajstić information content (AvgIpc) is 3.22. The average molecular weight is 383 g/mol. The van der Waals surface area contributed by atoms with Gasteiger partial charge in [0.1, 0.15) is 5.60 Å². The second-order valence-electron chi connectivity index (χ2n) is 6.62. The van der Waals surface area contributed by atoms with Gasteiger partial charge in [-0.05, 0) is 43.3 Å². The predicted octanol–water partition coefficient (Wildman–Crippen LogP) is 3.30. The van der Waals surface area contributed by atoms with Gasteiger partial charge in [0.2, 0.25) is 0 Å². The first-order valence-electron chi connectivity index (χ1n) is 9.21. The van der Waals surface area contributed by atoms with Crippen LogP contribution in [-0.2, 0) is 12.0 Å². The molecule has 0 spiro atoms. The van der Waals surface area contributed by atoms with E-state index in [1.807, 2.05) is 36.7 Å². The van der Waals surface area contributed by atoms with Gasteiger partial charge in [-0.3, -0.25) is 4.98 Å². The van der Waals surface area contributed by atoms with Gasteiger partial charge in [0, 0.05) is 29.5 Å². The Morgan fingerprint density at radius 2 is 2.04 bits per heavy atom. The Morgan fingerprint density at radius 1 is 1.19 bits per heavy atom.